The second-order valence-corrected chi connectivity index (χ2v) is 31.5. The average molecular weight is 1380 g/mol. The molecule has 0 fully saturated rings. The van der Waals surface area contributed by atoms with Gasteiger partial charge < -0.3 is 13.7 Å². The van der Waals surface area contributed by atoms with Gasteiger partial charge in [-0.2, -0.15) is 0 Å². The van der Waals surface area contributed by atoms with Crippen molar-refractivity contribution >= 4 is 65.4 Å². The normalized spacial score (nSPS) is 14.1. The van der Waals surface area contributed by atoms with E-state index in [1.54, 1.807) is 0 Å². The highest BCUT2D eigenvalue weighted by Crippen LogP contribution is 2.54. The maximum atomic E-state index is 5.43. The van der Waals surface area contributed by atoms with Gasteiger partial charge in [0.1, 0.15) is 0 Å². The number of para-hydroxylation sites is 3. The van der Waals surface area contributed by atoms with Crippen molar-refractivity contribution in [1.29, 1.82) is 0 Å². The highest BCUT2D eigenvalue weighted by molar-refractivity contribution is 6.13. The van der Waals surface area contributed by atoms with Crippen LogP contribution in [-0.4, -0.2) is 28.7 Å². The molecule has 4 aromatic heterocycles. The van der Waals surface area contributed by atoms with Crippen LogP contribution in [-0.2, 0) is 16.2 Å². The van der Waals surface area contributed by atoms with Crippen molar-refractivity contribution < 1.29 is 0 Å². The summed E-state index contributed by atoms with van der Waals surface area (Å²) in [7, 11) is 0. The lowest BCUT2D eigenvalue weighted by Crippen LogP contribution is -2.14. The molecule has 0 bridgehead atoms. The van der Waals surface area contributed by atoms with Crippen LogP contribution in [0, 0.1) is 0 Å². The molecule has 19 aromatic rings. The molecule has 6 nitrogen and oxygen atoms in total. The van der Waals surface area contributed by atoms with E-state index in [0.717, 1.165) is 66.9 Å². The number of aromatic nitrogens is 6. The molecule has 108 heavy (non-hydrogen) atoms. The summed E-state index contributed by atoms with van der Waals surface area (Å²) in [4.78, 5) is 16.3. The van der Waals surface area contributed by atoms with Gasteiger partial charge in [0, 0.05) is 82.3 Å². The van der Waals surface area contributed by atoms with Crippen LogP contribution in [0.5, 0.6) is 0 Å². The molecule has 0 N–H and O–H groups in total. The minimum Gasteiger partial charge on any atom is -0.309 e. The van der Waals surface area contributed by atoms with E-state index in [9.17, 15) is 0 Å². The van der Waals surface area contributed by atoms with Gasteiger partial charge in [0.2, 0.25) is 0 Å². The van der Waals surface area contributed by atoms with Crippen LogP contribution in [0.4, 0.5) is 0 Å². The summed E-state index contributed by atoms with van der Waals surface area (Å²) < 4.78 is 7.23. The molecular weight excluding hydrogens is 1310 g/mol. The van der Waals surface area contributed by atoms with E-state index in [4.69, 9.17) is 15.0 Å². The van der Waals surface area contributed by atoms with E-state index in [0.29, 0.717) is 17.5 Å². The molecule has 0 saturated heterocycles. The number of rotatable bonds is 9. The molecule has 4 heterocycles. The van der Waals surface area contributed by atoms with E-state index in [2.05, 4.69) is 383 Å². The lowest BCUT2D eigenvalue weighted by atomic mass is 9.81. The molecule has 0 atom stereocenters. The third-order valence-electron chi connectivity index (χ3n) is 24.6. The van der Waals surface area contributed by atoms with Gasteiger partial charge in [0.25, 0.3) is 0 Å². The first-order valence-corrected chi connectivity index (χ1v) is 37.7. The largest absolute Gasteiger partial charge is 0.309 e. The monoisotopic (exact) mass is 1380 g/mol. The van der Waals surface area contributed by atoms with Crippen LogP contribution in [0.15, 0.2) is 328 Å². The Hall–Kier alpha value is -13.3. The SMILES string of the molecule is CC1(C)c2ccccc2-c2ccc(-c3ccc4c5ccccc5n(-c5ccc(-c6nc(-c7ccc(-n8c9ccccc9c9ccc(-c%10ccc%11c(c%10)C(C)(C)c%10ccccc%10-%11)cc98)cc7)nc(-c7ccc(-n8c9ccccc9c9ccc(-c%10ccc%11c(c%10)C(C)(C)c%10ccccc%10-%11)cc98)cc7)n6)cc5)c4c3)cc21. The van der Waals surface area contributed by atoms with E-state index in [1.807, 2.05) is 0 Å². The zero-order chi connectivity index (χ0) is 72.1. The van der Waals surface area contributed by atoms with Gasteiger partial charge in [-0.05, 0) is 228 Å². The van der Waals surface area contributed by atoms with E-state index >= 15 is 0 Å². The summed E-state index contributed by atoms with van der Waals surface area (Å²) in [6.45, 7) is 14.1. The maximum Gasteiger partial charge on any atom is 0.164 e. The number of hydrogen-bond acceptors (Lipinski definition) is 3. The molecule has 0 unspecified atom stereocenters. The summed E-state index contributed by atoms with van der Waals surface area (Å²) >= 11 is 0. The number of nitrogens with zero attached hydrogens (tertiary/aromatic N) is 6. The highest BCUT2D eigenvalue weighted by atomic mass is 15.0. The summed E-state index contributed by atoms with van der Waals surface area (Å²) in [5.41, 5.74) is 35.7. The second-order valence-electron chi connectivity index (χ2n) is 31.5. The van der Waals surface area contributed by atoms with Crippen LogP contribution >= 0.6 is 0 Å². The fourth-order valence-electron chi connectivity index (χ4n) is 19.0. The van der Waals surface area contributed by atoms with Gasteiger partial charge in [0.05, 0.1) is 33.1 Å². The fourth-order valence-corrected chi connectivity index (χ4v) is 19.0. The van der Waals surface area contributed by atoms with Gasteiger partial charge in [0.15, 0.2) is 17.5 Å². The molecule has 0 aliphatic heterocycles. The minimum atomic E-state index is -0.105. The molecule has 0 radical (unpaired) electrons. The predicted octanol–water partition coefficient (Wildman–Crippen LogP) is 26.1. The average Bonchev–Trinajstić information content (AvgIpc) is 1.43. The molecule has 0 saturated carbocycles. The Labute approximate surface area is 626 Å². The van der Waals surface area contributed by atoms with Crippen molar-refractivity contribution in [3.05, 3.63) is 361 Å². The molecule has 22 rings (SSSR count). The van der Waals surface area contributed by atoms with Crippen molar-refractivity contribution in [3.8, 4) is 118 Å². The topological polar surface area (TPSA) is 53.5 Å². The summed E-state index contributed by atoms with van der Waals surface area (Å²) in [5, 5.41) is 7.25. The maximum absolute atomic E-state index is 5.43. The fraction of sp³-hybridized carbons (Fsp3) is 0.0882. The third-order valence-corrected chi connectivity index (χ3v) is 24.6. The number of fused-ring (bicyclic) bond motifs is 18. The Morgan fingerprint density at radius 1 is 0.185 bits per heavy atom. The van der Waals surface area contributed by atoms with Gasteiger partial charge in [-0.3, -0.25) is 0 Å². The Balaban J connectivity index is 0.653. The van der Waals surface area contributed by atoms with Crippen molar-refractivity contribution in [2.75, 3.05) is 0 Å². The van der Waals surface area contributed by atoms with Gasteiger partial charge >= 0.3 is 0 Å². The Morgan fingerprint density at radius 3 is 0.704 bits per heavy atom. The van der Waals surface area contributed by atoms with E-state index < -0.39 is 0 Å². The van der Waals surface area contributed by atoms with Crippen molar-refractivity contribution in [1.82, 2.24) is 28.7 Å². The van der Waals surface area contributed by atoms with Crippen LogP contribution in [0.2, 0.25) is 0 Å². The van der Waals surface area contributed by atoms with Crippen molar-refractivity contribution in [2.45, 2.75) is 57.8 Å². The summed E-state index contributed by atoms with van der Waals surface area (Å²) in [6, 6.07) is 121. The minimum absolute atomic E-state index is 0.105. The molecule has 3 aliphatic rings. The zero-order valence-corrected chi connectivity index (χ0v) is 60.9. The zero-order valence-electron chi connectivity index (χ0n) is 60.9. The highest BCUT2D eigenvalue weighted by Gasteiger charge is 2.38. The number of hydrogen-bond donors (Lipinski definition) is 0. The first-order chi connectivity index (χ1) is 52.8. The quantitative estimate of drug-likeness (QED) is 0.145. The second kappa shape index (κ2) is 22.9. The lowest BCUT2D eigenvalue weighted by Gasteiger charge is -2.22. The summed E-state index contributed by atoms with van der Waals surface area (Å²) in [5.74, 6) is 1.76. The van der Waals surface area contributed by atoms with Crippen molar-refractivity contribution in [3.63, 3.8) is 0 Å². The molecule has 15 aromatic carbocycles. The Bertz CT molecular complexity index is 6370. The predicted molar refractivity (Wildman–Crippen MR) is 448 cm³/mol. The molecule has 0 amide bonds. The standard InChI is InChI=1S/C102H72N6/c1-100(2)85-25-13-7-19-73(85)76-49-37-64(55-88(76)100)67-40-52-82-79-22-10-16-28-91(79)106(94(82)58-67)70-43-31-61(32-44-70)97-103-98(62-33-45-71(46-34-62)107-92-29-17-11-23-80(92)83-53-41-68(59-95(83)107)65-38-50-77-74-20-8-14-26-86(74)101(3,4)89(77)56-65)105-99(104-97)63-35-47-72(48-36-63)108-93-30-18-12-24-81(93)84-54-42-69(60-96(84)108)66-39-51-78-75-21-9-15-27-87(75)102(5,6)90(78)57-66/h7-60H,1-6H3. The first kappa shape index (κ1) is 62.1. The first-order valence-electron chi connectivity index (χ1n) is 37.7. The lowest BCUT2D eigenvalue weighted by molar-refractivity contribution is 0.660. The van der Waals surface area contributed by atoms with Gasteiger partial charge in [-0.1, -0.05) is 242 Å². The third kappa shape index (κ3) is 9.10. The Morgan fingerprint density at radius 2 is 0.407 bits per heavy atom. The molecule has 6 heteroatoms. The van der Waals surface area contributed by atoms with Gasteiger partial charge in [-0.15, -0.1) is 0 Å². The van der Waals surface area contributed by atoms with E-state index in [-0.39, 0.29) is 16.2 Å². The molecule has 3 aliphatic carbocycles. The van der Waals surface area contributed by atoms with E-state index in [1.165, 1.54) is 132 Å². The smallest absolute Gasteiger partial charge is 0.164 e. The molecule has 510 valence electrons. The van der Waals surface area contributed by atoms with Crippen LogP contribution < -0.4 is 0 Å². The molecular formula is C102H72N6. The summed E-state index contributed by atoms with van der Waals surface area (Å²) in [6.07, 6.45) is 0. The number of benzene rings is 15. The van der Waals surface area contributed by atoms with Crippen LogP contribution in [0.25, 0.3) is 183 Å². The molecule has 0 spiro atoms. The Kier molecular flexibility index (Phi) is 13.1. The van der Waals surface area contributed by atoms with Gasteiger partial charge in [-0.25, -0.2) is 15.0 Å². The van der Waals surface area contributed by atoms with Crippen molar-refractivity contribution in [2.24, 2.45) is 0 Å². The van der Waals surface area contributed by atoms with Crippen LogP contribution in [0.1, 0.15) is 74.9 Å². The van der Waals surface area contributed by atoms with Crippen LogP contribution in [0.3, 0.4) is 0 Å².